The minimum absolute atomic E-state index is 0.125. The Kier molecular flexibility index (Phi) is 3.92. The van der Waals surface area contributed by atoms with Gasteiger partial charge in [-0.25, -0.2) is 15.2 Å². The Morgan fingerprint density at radius 3 is 2.73 bits per heavy atom. The third-order valence-corrected chi connectivity index (χ3v) is 2.17. The van der Waals surface area contributed by atoms with Crippen molar-refractivity contribution in [2.45, 2.75) is 0 Å². The number of carbonyl (C=O) groups excluding carboxylic acids is 1. The summed E-state index contributed by atoms with van der Waals surface area (Å²) in [6, 6.07) is 3.26. The van der Waals surface area contributed by atoms with Crippen LogP contribution in [0.2, 0.25) is 0 Å². The molecule has 0 aromatic carbocycles. The molecule has 0 aliphatic carbocycles. The number of hydrazine groups is 1. The van der Waals surface area contributed by atoms with Crippen LogP contribution in [0.1, 0.15) is 0 Å². The van der Waals surface area contributed by atoms with Gasteiger partial charge < -0.3 is 5.11 Å². The Balaban J connectivity index is 3.04. The maximum atomic E-state index is 11.0. The van der Waals surface area contributed by atoms with Gasteiger partial charge in [0.05, 0.1) is 4.47 Å². The zero-order valence-electron chi connectivity index (χ0n) is 7.22. The zero-order chi connectivity index (χ0) is 11.4. The van der Waals surface area contributed by atoms with Crippen LogP contribution in [0, 0.1) is 0 Å². The van der Waals surface area contributed by atoms with E-state index in [9.17, 15) is 9.59 Å². The predicted octanol–water partition coefficient (Wildman–Crippen LogP) is 1.88. The summed E-state index contributed by atoms with van der Waals surface area (Å²) in [5.74, 6) is 0.125. The molecule has 2 amide bonds. The van der Waals surface area contributed by atoms with E-state index in [0.717, 1.165) is 0 Å². The van der Waals surface area contributed by atoms with E-state index in [4.69, 9.17) is 5.11 Å². The molecule has 0 bridgehead atoms. The van der Waals surface area contributed by atoms with Crippen LogP contribution >= 0.6 is 28.6 Å². The number of amides is 2. The smallest absolute Gasteiger partial charge is 0.424 e. The molecule has 0 atom stereocenters. The summed E-state index contributed by atoms with van der Waals surface area (Å²) in [5.41, 5.74) is 1.87. The second-order valence-electron chi connectivity index (χ2n) is 2.34. The van der Waals surface area contributed by atoms with E-state index in [0.29, 0.717) is 9.48 Å². The Hall–Kier alpha value is -1.28. The van der Waals surface area contributed by atoms with Gasteiger partial charge in [0.1, 0.15) is 0 Å². The van der Waals surface area contributed by atoms with E-state index in [2.05, 4.69) is 33.5 Å². The molecule has 6 nitrogen and oxygen atoms in total. The molecule has 8 heteroatoms. The summed E-state index contributed by atoms with van der Waals surface area (Å²) < 4.78 is 0.473. The van der Waals surface area contributed by atoms with Crippen LogP contribution in [-0.2, 0) is 0 Å². The second kappa shape index (κ2) is 4.99. The van der Waals surface area contributed by atoms with Crippen molar-refractivity contribution in [2.24, 2.45) is 0 Å². The molecule has 1 aromatic heterocycles. The Morgan fingerprint density at radius 2 is 2.27 bits per heavy atom. The number of aromatic nitrogens is 1. The number of nitrogens with one attached hydrogen (secondary N) is 1. The fraction of sp³-hybridized carbons (Fsp3) is 0. The Bertz CT molecular complexity index is 401. The molecule has 0 saturated carbocycles. The molecule has 1 heterocycles. The van der Waals surface area contributed by atoms with Crippen molar-refractivity contribution in [1.29, 1.82) is 0 Å². The number of nitrogens with zero attached hydrogens (tertiary/aromatic N) is 2. The van der Waals surface area contributed by atoms with Crippen LogP contribution < -0.4 is 10.4 Å². The molecule has 0 unspecified atom stereocenters. The molecular weight excluding hydrogens is 286 g/mol. The Labute approximate surface area is 98.8 Å². The monoisotopic (exact) mass is 291 g/mol. The van der Waals surface area contributed by atoms with Crippen LogP contribution in [0.4, 0.5) is 15.4 Å². The molecule has 0 fully saturated rings. The Morgan fingerprint density at radius 1 is 1.60 bits per heavy atom. The highest BCUT2D eigenvalue weighted by molar-refractivity contribution is 9.10. The first-order valence-corrected chi connectivity index (χ1v) is 4.89. The van der Waals surface area contributed by atoms with E-state index in [1.165, 1.54) is 6.20 Å². The standard InChI is InChI=1S/C7H6BrN3O3S/c8-4-2-1-3-9-5(4)11(7(14)15)10-6(12)13/h1-3,10H,(H,12,13)(H,14,15). The van der Waals surface area contributed by atoms with Gasteiger partial charge in [0, 0.05) is 6.20 Å². The van der Waals surface area contributed by atoms with Gasteiger partial charge in [-0.2, -0.15) is 5.01 Å². The lowest BCUT2D eigenvalue weighted by Crippen LogP contribution is -2.44. The number of thiol groups is 1. The normalized spacial score (nSPS) is 9.47. The third kappa shape index (κ3) is 3.10. The molecule has 0 saturated heterocycles. The molecule has 0 radical (unpaired) electrons. The van der Waals surface area contributed by atoms with Crippen molar-refractivity contribution in [3.63, 3.8) is 0 Å². The molecular formula is C7H6BrN3O3S. The first-order valence-electron chi connectivity index (χ1n) is 3.65. The van der Waals surface area contributed by atoms with Gasteiger partial charge in [0.2, 0.25) is 0 Å². The summed E-state index contributed by atoms with van der Waals surface area (Å²) in [4.78, 5) is 25.3. The molecule has 2 N–H and O–H groups in total. The highest BCUT2D eigenvalue weighted by atomic mass is 79.9. The van der Waals surface area contributed by atoms with Gasteiger partial charge >= 0.3 is 11.3 Å². The van der Waals surface area contributed by atoms with Gasteiger partial charge in [0.25, 0.3) is 0 Å². The molecule has 0 spiro atoms. The van der Waals surface area contributed by atoms with Crippen LogP contribution in [0.5, 0.6) is 0 Å². The quantitative estimate of drug-likeness (QED) is 0.545. The van der Waals surface area contributed by atoms with Crippen LogP contribution in [0.15, 0.2) is 22.8 Å². The maximum absolute atomic E-state index is 11.0. The van der Waals surface area contributed by atoms with Gasteiger partial charge in [0.15, 0.2) is 5.82 Å². The van der Waals surface area contributed by atoms with Gasteiger partial charge in [-0.3, -0.25) is 4.79 Å². The number of hydrogen-bond acceptors (Lipinski definition) is 3. The van der Waals surface area contributed by atoms with E-state index >= 15 is 0 Å². The van der Waals surface area contributed by atoms with Crippen molar-refractivity contribution in [2.75, 3.05) is 5.01 Å². The molecule has 80 valence electrons. The number of carbonyl (C=O) groups is 2. The zero-order valence-corrected chi connectivity index (χ0v) is 9.70. The van der Waals surface area contributed by atoms with Crippen molar-refractivity contribution in [1.82, 2.24) is 10.4 Å². The van der Waals surface area contributed by atoms with Crippen LogP contribution in [-0.4, -0.2) is 21.4 Å². The van der Waals surface area contributed by atoms with E-state index in [1.807, 2.05) is 5.43 Å². The lowest BCUT2D eigenvalue weighted by molar-refractivity contribution is 0.193. The van der Waals surface area contributed by atoms with Crippen molar-refractivity contribution in [3.8, 4) is 0 Å². The van der Waals surface area contributed by atoms with Gasteiger partial charge in [-0.05, 0) is 28.1 Å². The maximum Gasteiger partial charge on any atom is 0.424 e. The van der Waals surface area contributed by atoms with E-state index in [1.54, 1.807) is 12.1 Å². The highest BCUT2D eigenvalue weighted by Crippen LogP contribution is 2.22. The van der Waals surface area contributed by atoms with Crippen molar-refractivity contribution < 1.29 is 14.7 Å². The first kappa shape index (κ1) is 11.8. The number of pyridine rings is 1. The van der Waals surface area contributed by atoms with Gasteiger partial charge in [-0.15, -0.1) is 0 Å². The van der Waals surface area contributed by atoms with Crippen molar-refractivity contribution >= 4 is 45.7 Å². The number of anilines is 1. The van der Waals surface area contributed by atoms with Crippen LogP contribution in [0.25, 0.3) is 0 Å². The number of hydrogen-bond donors (Lipinski definition) is 3. The summed E-state index contributed by atoms with van der Waals surface area (Å²) in [5, 5.41) is 8.43. The SMILES string of the molecule is O=C(O)NN(C(=O)S)c1ncccc1Br. The minimum Gasteiger partial charge on any atom is -0.464 e. The molecule has 1 aromatic rings. The average Bonchev–Trinajstić information content (AvgIpc) is 2.15. The molecule has 0 aliphatic rings. The summed E-state index contributed by atoms with van der Waals surface area (Å²) in [7, 11) is 0. The van der Waals surface area contributed by atoms with E-state index in [-0.39, 0.29) is 5.82 Å². The average molecular weight is 292 g/mol. The second-order valence-corrected chi connectivity index (χ2v) is 3.58. The number of halogens is 1. The number of rotatable bonds is 1. The molecule has 15 heavy (non-hydrogen) atoms. The summed E-state index contributed by atoms with van der Waals surface area (Å²) in [6.07, 6.45) is 0.0443. The van der Waals surface area contributed by atoms with Crippen LogP contribution in [0.3, 0.4) is 0 Å². The predicted molar refractivity (Wildman–Crippen MR) is 60.0 cm³/mol. The number of carboxylic acid groups (broad SMARTS) is 1. The summed E-state index contributed by atoms with van der Waals surface area (Å²) >= 11 is 6.66. The lowest BCUT2D eigenvalue weighted by Gasteiger charge is -2.18. The largest absolute Gasteiger partial charge is 0.464 e. The highest BCUT2D eigenvalue weighted by Gasteiger charge is 2.18. The third-order valence-electron chi connectivity index (χ3n) is 1.35. The fourth-order valence-corrected chi connectivity index (χ4v) is 1.41. The van der Waals surface area contributed by atoms with Crippen molar-refractivity contribution in [3.05, 3.63) is 22.8 Å². The first-order chi connectivity index (χ1) is 7.02. The van der Waals surface area contributed by atoms with Gasteiger partial charge in [-0.1, -0.05) is 12.6 Å². The fourth-order valence-electron chi connectivity index (χ4n) is 0.829. The lowest BCUT2D eigenvalue weighted by atomic mass is 10.4. The van der Waals surface area contributed by atoms with E-state index < -0.39 is 11.3 Å². The molecule has 0 aliphatic heterocycles. The topological polar surface area (TPSA) is 82.5 Å². The minimum atomic E-state index is -1.38. The summed E-state index contributed by atoms with van der Waals surface area (Å²) in [6.45, 7) is 0. The molecule has 1 rings (SSSR count).